The molecular weight excluding hydrogens is 442 g/mol. The summed E-state index contributed by atoms with van der Waals surface area (Å²) in [5.74, 6) is 0.462. The van der Waals surface area contributed by atoms with Gasteiger partial charge in [-0.1, -0.05) is 52.0 Å². The Bertz CT molecular complexity index is 1770. The number of hydrogen-bond acceptors (Lipinski definition) is 7. The predicted molar refractivity (Wildman–Crippen MR) is 130 cm³/mol. The topological polar surface area (TPSA) is 101 Å². The number of aromatic nitrogens is 9. The van der Waals surface area contributed by atoms with Gasteiger partial charge in [-0.05, 0) is 48.5 Å². The van der Waals surface area contributed by atoms with E-state index in [9.17, 15) is 0 Å². The first-order valence-electron chi connectivity index (χ1n) is 10.8. The summed E-state index contributed by atoms with van der Waals surface area (Å²) in [6, 6.07) is 27.0. The molecular formula is C25H16N9O. The number of rotatable bonds is 4. The van der Waals surface area contributed by atoms with Gasteiger partial charge < -0.3 is 4.74 Å². The van der Waals surface area contributed by atoms with Crippen LogP contribution in [0.15, 0.2) is 84.9 Å². The number of ether oxygens (including phenoxy) is 1. The monoisotopic (exact) mass is 458 g/mol. The maximum Gasteiger partial charge on any atom is 0.171 e. The molecule has 0 aliphatic rings. The van der Waals surface area contributed by atoms with Crippen LogP contribution in [0.4, 0.5) is 0 Å². The molecule has 0 atom stereocenters. The molecule has 3 heterocycles. The Labute approximate surface area is 198 Å². The summed E-state index contributed by atoms with van der Waals surface area (Å²) in [6.07, 6.45) is 0. The zero-order valence-electron chi connectivity index (χ0n) is 18.2. The first kappa shape index (κ1) is 19.4. The van der Waals surface area contributed by atoms with Crippen LogP contribution in [0.5, 0.6) is 5.75 Å². The molecule has 3 aromatic heterocycles. The van der Waals surface area contributed by atoms with Crippen LogP contribution < -0.4 is 4.74 Å². The Hall–Kier alpha value is -5.12. The minimum Gasteiger partial charge on any atom is -0.485 e. The SMILES string of the molecule is [CH2]Oc1c(-n2nnc3ccccc32)cc(-n2nnc3ccccc32)cc1-n1nnc2ccccc21. The van der Waals surface area contributed by atoms with Crippen LogP contribution >= 0.6 is 0 Å². The molecule has 35 heavy (non-hydrogen) atoms. The Morgan fingerprint density at radius 1 is 0.543 bits per heavy atom. The van der Waals surface area contributed by atoms with Crippen molar-refractivity contribution in [1.29, 1.82) is 0 Å². The third kappa shape index (κ3) is 2.90. The Balaban J connectivity index is 1.58. The maximum atomic E-state index is 5.71. The fraction of sp³-hybridized carbons (Fsp3) is 0. The van der Waals surface area contributed by atoms with E-state index in [4.69, 9.17) is 4.74 Å². The lowest BCUT2D eigenvalue weighted by Gasteiger charge is -2.16. The second-order valence-corrected chi connectivity index (χ2v) is 7.93. The fourth-order valence-electron chi connectivity index (χ4n) is 4.32. The highest BCUT2D eigenvalue weighted by atomic mass is 16.5. The van der Waals surface area contributed by atoms with Gasteiger partial charge in [-0.25, -0.2) is 14.0 Å². The van der Waals surface area contributed by atoms with Crippen molar-refractivity contribution in [3.05, 3.63) is 92.0 Å². The number of fused-ring (bicyclic) bond motifs is 3. The van der Waals surface area contributed by atoms with Gasteiger partial charge in [-0.15, -0.1) is 15.3 Å². The summed E-state index contributed by atoms with van der Waals surface area (Å²) in [4.78, 5) is 0. The van der Waals surface area contributed by atoms with Gasteiger partial charge in [0.25, 0.3) is 0 Å². The van der Waals surface area contributed by atoms with Gasteiger partial charge in [0.15, 0.2) is 5.75 Å². The van der Waals surface area contributed by atoms with E-state index in [-0.39, 0.29) is 0 Å². The average molecular weight is 458 g/mol. The summed E-state index contributed by atoms with van der Waals surface area (Å²) >= 11 is 0. The minimum absolute atomic E-state index is 0.462. The normalized spacial score (nSPS) is 11.6. The van der Waals surface area contributed by atoms with Crippen LogP contribution in [0.1, 0.15) is 0 Å². The third-order valence-electron chi connectivity index (χ3n) is 5.94. The van der Waals surface area contributed by atoms with Crippen molar-refractivity contribution in [2.75, 3.05) is 0 Å². The second-order valence-electron chi connectivity index (χ2n) is 7.93. The van der Waals surface area contributed by atoms with Crippen molar-refractivity contribution < 1.29 is 4.74 Å². The molecule has 7 aromatic rings. The first-order chi connectivity index (χ1) is 17.3. The van der Waals surface area contributed by atoms with Crippen LogP contribution in [-0.2, 0) is 0 Å². The molecule has 7 rings (SSSR count). The maximum absolute atomic E-state index is 5.71. The molecule has 0 spiro atoms. The summed E-state index contributed by atoms with van der Waals surface area (Å²) in [7, 11) is 3.74. The highest BCUT2D eigenvalue weighted by Crippen LogP contribution is 2.36. The van der Waals surface area contributed by atoms with Gasteiger partial charge in [0.05, 0.1) is 22.2 Å². The third-order valence-corrected chi connectivity index (χ3v) is 5.94. The Kier molecular flexibility index (Phi) is 4.12. The van der Waals surface area contributed by atoms with E-state index in [1.54, 1.807) is 14.0 Å². The predicted octanol–water partition coefficient (Wildman–Crippen LogP) is 4.06. The second kappa shape index (κ2) is 7.45. The first-order valence-corrected chi connectivity index (χ1v) is 10.8. The lowest BCUT2D eigenvalue weighted by Crippen LogP contribution is -2.08. The lowest BCUT2D eigenvalue weighted by atomic mass is 10.2. The van der Waals surface area contributed by atoms with Gasteiger partial charge >= 0.3 is 0 Å². The van der Waals surface area contributed by atoms with E-state index in [2.05, 4.69) is 38.0 Å². The zero-order chi connectivity index (χ0) is 23.4. The van der Waals surface area contributed by atoms with Gasteiger partial charge in [0.1, 0.15) is 35.0 Å². The molecule has 0 aliphatic carbocycles. The minimum atomic E-state index is 0.462. The standard InChI is InChI=1S/C25H16N9O/c1-35-25-23(33-21-12-6-3-9-18(21)27-30-33)14-16(32-20-11-5-2-8-17(20)26-29-32)15-24(25)34-22-13-7-4-10-19(22)28-31-34/h2-15H,1H2. The number of benzene rings is 4. The van der Waals surface area contributed by atoms with Crippen LogP contribution in [0.2, 0.25) is 0 Å². The molecule has 0 unspecified atom stereocenters. The van der Waals surface area contributed by atoms with E-state index in [1.807, 2.05) is 84.9 Å². The van der Waals surface area contributed by atoms with Crippen LogP contribution in [0.25, 0.3) is 50.2 Å². The van der Waals surface area contributed by atoms with Gasteiger partial charge in [-0.2, -0.15) is 0 Å². The molecule has 10 heteroatoms. The molecule has 0 N–H and O–H groups in total. The Morgan fingerprint density at radius 2 is 0.943 bits per heavy atom. The summed E-state index contributed by atoms with van der Waals surface area (Å²) < 4.78 is 10.9. The molecule has 0 amide bonds. The highest BCUT2D eigenvalue weighted by Gasteiger charge is 2.22. The summed E-state index contributed by atoms with van der Waals surface area (Å²) in [6.45, 7) is 0. The lowest BCUT2D eigenvalue weighted by molar-refractivity contribution is 0.464. The van der Waals surface area contributed by atoms with Crippen molar-refractivity contribution in [2.24, 2.45) is 0 Å². The van der Waals surface area contributed by atoms with E-state index in [0.29, 0.717) is 17.1 Å². The van der Waals surface area contributed by atoms with E-state index >= 15 is 0 Å². The number of hydrogen-bond donors (Lipinski definition) is 0. The smallest absolute Gasteiger partial charge is 0.171 e. The van der Waals surface area contributed by atoms with E-state index in [1.165, 1.54) is 0 Å². The van der Waals surface area contributed by atoms with Gasteiger partial charge in [0, 0.05) is 0 Å². The fourth-order valence-corrected chi connectivity index (χ4v) is 4.32. The summed E-state index contributed by atoms with van der Waals surface area (Å²) in [5, 5.41) is 26.2. The molecule has 0 bridgehead atoms. The molecule has 0 aliphatic heterocycles. The van der Waals surface area contributed by atoms with Crippen molar-refractivity contribution >= 4 is 33.1 Å². The average Bonchev–Trinajstić information content (AvgIpc) is 3.64. The van der Waals surface area contributed by atoms with Crippen LogP contribution in [0.3, 0.4) is 0 Å². The largest absolute Gasteiger partial charge is 0.485 e. The Morgan fingerprint density at radius 3 is 1.40 bits per heavy atom. The quantitative estimate of drug-likeness (QED) is 0.392. The zero-order valence-corrected chi connectivity index (χ0v) is 18.2. The van der Waals surface area contributed by atoms with Crippen molar-refractivity contribution in [3.63, 3.8) is 0 Å². The molecule has 0 fully saturated rings. The summed E-state index contributed by atoms with van der Waals surface area (Å²) in [5.41, 5.74) is 6.79. The van der Waals surface area contributed by atoms with Crippen molar-refractivity contribution in [2.45, 2.75) is 0 Å². The van der Waals surface area contributed by atoms with Gasteiger partial charge in [0.2, 0.25) is 0 Å². The van der Waals surface area contributed by atoms with Crippen LogP contribution in [-0.4, -0.2) is 45.0 Å². The number of nitrogens with zero attached hydrogens (tertiary/aromatic N) is 9. The molecule has 4 aromatic carbocycles. The molecule has 10 nitrogen and oxygen atoms in total. The van der Waals surface area contributed by atoms with Crippen molar-refractivity contribution in [3.8, 4) is 22.8 Å². The number of para-hydroxylation sites is 3. The van der Waals surface area contributed by atoms with Crippen LogP contribution in [0, 0.1) is 7.11 Å². The van der Waals surface area contributed by atoms with E-state index < -0.39 is 0 Å². The molecule has 167 valence electrons. The molecule has 1 radical (unpaired) electrons. The highest BCUT2D eigenvalue weighted by molar-refractivity contribution is 5.82. The molecule has 0 saturated carbocycles. The van der Waals surface area contributed by atoms with Gasteiger partial charge in [-0.3, -0.25) is 0 Å². The molecule has 0 saturated heterocycles. The van der Waals surface area contributed by atoms with Crippen molar-refractivity contribution in [1.82, 2.24) is 45.0 Å². The van der Waals surface area contributed by atoms with E-state index in [0.717, 1.165) is 38.8 Å².